The lowest BCUT2D eigenvalue weighted by Crippen LogP contribution is -2.10. The molecule has 4 aromatic heterocycles. The van der Waals surface area contributed by atoms with Gasteiger partial charge in [-0.3, -0.25) is 0 Å². The minimum atomic E-state index is 0.399. The highest BCUT2D eigenvalue weighted by molar-refractivity contribution is 6.25. The molecule has 0 saturated heterocycles. The van der Waals surface area contributed by atoms with Gasteiger partial charge in [-0.1, -0.05) is 137 Å². The van der Waals surface area contributed by atoms with Crippen molar-refractivity contribution in [3.8, 4) is 17.4 Å². The molecule has 0 spiro atoms. The molecule has 0 aliphatic rings. The van der Waals surface area contributed by atoms with E-state index in [1.165, 1.54) is 38.2 Å². The Bertz CT molecular complexity index is 5700. The van der Waals surface area contributed by atoms with Gasteiger partial charge in [0.05, 0.1) is 33.0 Å². The fourth-order valence-electron chi connectivity index (χ4n) is 13.8. The molecule has 0 bridgehead atoms. The second kappa shape index (κ2) is 19.9. The van der Waals surface area contributed by atoms with Crippen LogP contribution in [-0.4, -0.2) is 9.13 Å². The van der Waals surface area contributed by atoms with E-state index in [-0.39, 0.29) is 0 Å². The second-order valence-electron chi connectivity index (χ2n) is 24.0. The maximum Gasteiger partial charge on any atom is 0.156 e. The summed E-state index contributed by atoms with van der Waals surface area (Å²) in [5.74, 6) is 0.800. The third-order valence-corrected chi connectivity index (χ3v) is 18.2. The monoisotopic (exact) mass is 1130 g/mol. The van der Waals surface area contributed by atoms with Crippen LogP contribution in [0.1, 0.15) is 56.2 Å². The van der Waals surface area contributed by atoms with Crippen LogP contribution in [0.25, 0.3) is 120 Å². The number of anilines is 6. The molecule has 88 heavy (non-hydrogen) atoms. The Hall–Kier alpha value is -11.3. The van der Waals surface area contributed by atoms with Crippen LogP contribution in [-0.2, 0) is 0 Å². The van der Waals surface area contributed by atoms with E-state index in [4.69, 9.17) is 8.83 Å². The van der Waals surface area contributed by atoms with E-state index in [0.717, 1.165) is 111 Å². The fourth-order valence-corrected chi connectivity index (χ4v) is 13.8. The molecule has 0 fully saturated rings. The van der Waals surface area contributed by atoms with Gasteiger partial charge in [0.2, 0.25) is 0 Å². The molecule has 4 heterocycles. The molecule has 0 radical (unpaired) electrons. The molecular formula is C81H57N5O2. The highest BCUT2D eigenvalue weighted by atomic mass is 16.3. The standard InChI is InChI=1S/C81H57N5O2/c1-49(2)51-23-29-60(30-24-51)83(64-35-37-75-68(46-64)66-19-11-13-21-73(66)85(75)58-15-7-5-8-16-58)62-33-27-53-41-70-71-43-57(48-82)80-79(81(71)88-77(70)44-55(53)39-62)72-42-54-28-34-63(40-56(54)45-78(72)87-80)84(61-31-25-52(26-32-61)50(3)4)65-36-38-76-69(47-65)67-20-12-14-22-74(67)86(76)59-17-9-6-10-18-59/h5-47,49-50H,1-4H3. The van der Waals surface area contributed by atoms with Gasteiger partial charge in [-0.05, 0) is 196 Å². The number of nitrogens with zero attached hydrogens (tertiary/aromatic N) is 5. The van der Waals surface area contributed by atoms with E-state index in [2.05, 4.69) is 307 Å². The van der Waals surface area contributed by atoms with Gasteiger partial charge in [0.15, 0.2) is 5.58 Å². The Balaban J connectivity index is 0.790. The lowest BCUT2D eigenvalue weighted by Gasteiger charge is -2.26. The molecule has 0 aliphatic heterocycles. The molecule has 17 rings (SSSR count). The average Bonchev–Trinajstić information content (AvgIpc) is 2.01. The van der Waals surface area contributed by atoms with Crippen LogP contribution in [0.15, 0.2) is 270 Å². The van der Waals surface area contributed by atoms with Crippen LogP contribution in [0.2, 0.25) is 0 Å². The van der Waals surface area contributed by atoms with Crippen LogP contribution in [0.5, 0.6) is 0 Å². The summed E-state index contributed by atoms with van der Waals surface area (Å²) in [5.41, 5.74) is 18.8. The third-order valence-electron chi connectivity index (χ3n) is 18.2. The molecule has 0 unspecified atom stereocenters. The number of benzene rings is 13. The van der Waals surface area contributed by atoms with Gasteiger partial charge in [-0.15, -0.1) is 0 Å². The summed E-state index contributed by atoms with van der Waals surface area (Å²) in [6.07, 6.45) is 0. The first-order valence-electron chi connectivity index (χ1n) is 30.3. The zero-order chi connectivity index (χ0) is 58.9. The molecule has 13 aromatic carbocycles. The fraction of sp³-hybridized carbons (Fsp3) is 0.0741. The van der Waals surface area contributed by atoms with Gasteiger partial charge in [0, 0.05) is 83.2 Å². The Morgan fingerprint density at radius 1 is 0.330 bits per heavy atom. The van der Waals surface area contributed by atoms with E-state index < -0.39 is 0 Å². The normalized spacial score (nSPS) is 12.1. The van der Waals surface area contributed by atoms with Gasteiger partial charge in [-0.25, -0.2) is 0 Å². The van der Waals surface area contributed by atoms with Crippen molar-refractivity contribution in [2.75, 3.05) is 9.80 Å². The summed E-state index contributed by atoms with van der Waals surface area (Å²) < 4.78 is 18.6. The number of hydrogen-bond acceptors (Lipinski definition) is 5. The van der Waals surface area contributed by atoms with Crippen molar-refractivity contribution in [2.24, 2.45) is 0 Å². The molecule has 7 nitrogen and oxygen atoms in total. The van der Waals surface area contributed by atoms with Crippen molar-refractivity contribution in [1.82, 2.24) is 9.13 Å². The van der Waals surface area contributed by atoms with Gasteiger partial charge < -0.3 is 27.8 Å². The van der Waals surface area contributed by atoms with E-state index in [9.17, 15) is 5.26 Å². The van der Waals surface area contributed by atoms with Gasteiger partial charge in [0.1, 0.15) is 22.8 Å². The second-order valence-corrected chi connectivity index (χ2v) is 24.0. The Kier molecular flexibility index (Phi) is 11.6. The molecule has 0 saturated carbocycles. The lowest BCUT2D eigenvalue weighted by molar-refractivity contribution is 0.662. The zero-order valence-corrected chi connectivity index (χ0v) is 49.0. The van der Waals surface area contributed by atoms with Crippen LogP contribution in [0.3, 0.4) is 0 Å². The first-order chi connectivity index (χ1) is 43.2. The Morgan fingerprint density at radius 3 is 1.23 bits per heavy atom. The van der Waals surface area contributed by atoms with E-state index in [1.54, 1.807) is 0 Å². The molecule has 418 valence electrons. The van der Waals surface area contributed by atoms with Crippen LogP contribution >= 0.6 is 0 Å². The number of furan rings is 2. The first kappa shape index (κ1) is 51.1. The number of fused-ring (bicyclic) bond motifs is 15. The quantitative estimate of drug-likeness (QED) is 0.137. The van der Waals surface area contributed by atoms with Crippen LogP contribution in [0.4, 0.5) is 34.1 Å². The highest BCUT2D eigenvalue weighted by Gasteiger charge is 2.24. The summed E-state index contributed by atoms with van der Waals surface area (Å²) in [5, 5.41) is 23.3. The molecule has 0 aliphatic carbocycles. The highest BCUT2D eigenvalue weighted by Crippen LogP contribution is 2.47. The molecule has 0 atom stereocenters. The van der Waals surface area contributed by atoms with Crippen molar-refractivity contribution in [1.29, 1.82) is 5.26 Å². The zero-order valence-electron chi connectivity index (χ0n) is 49.0. The van der Waals surface area contributed by atoms with E-state index in [0.29, 0.717) is 34.1 Å². The Morgan fingerprint density at radius 2 is 0.739 bits per heavy atom. The number of aromatic nitrogens is 2. The number of rotatable bonds is 10. The predicted octanol–water partition coefficient (Wildman–Crippen LogP) is 23.0. The topological polar surface area (TPSA) is 66.4 Å². The van der Waals surface area contributed by atoms with Gasteiger partial charge >= 0.3 is 0 Å². The van der Waals surface area contributed by atoms with E-state index >= 15 is 0 Å². The molecule has 7 heteroatoms. The smallest absolute Gasteiger partial charge is 0.156 e. The lowest BCUT2D eigenvalue weighted by atomic mass is 10.00. The summed E-state index contributed by atoms with van der Waals surface area (Å²) >= 11 is 0. The van der Waals surface area contributed by atoms with Crippen LogP contribution in [0, 0.1) is 11.3 Å². The largest absolute Gasteiger partial charge is 0.455 e. The minimum absolute atomic E-state index is 0.399. The summed E-state index contributed by atoms with van der Waals surface area (Å²) in [7, 11) is 0. The maximum atomic E-state index is 10.9. The predicted molar refractivity (Wildman–Crippen MR) is 367 cm³/mol. The van der Waals surface area contributed by atoms with Crippen molar-refractivity contribution in [3.05, 3.63) is 278 Å². The summed E-state index contributed by atoms with van der Waals surface area (Å²) in [6, 6.07) is 96.7. The van der Waals surface area contributed by atoms with Gasteiger partial charge in [0.25, 0.3) is 0 Å². The number of nitriles is 1. The average molecular weight is 1130 g/mol. The molecular weight excluding hydrogens is 1070 g/mol. The Labute approximate surface area is 507 Å². The van der Waals surface area contributed by atoms with Crippen molar-refractivity contribution in [3.63, 3.8) is 0 Å². The van der Waals surface area contributed by atoms with Crippen molar-refractivity contribution in [2.45, 2.75) is 39.5 Å². The maximum absolute atomic E-state index is 10.9. The molecule has 0 N–H and O–H groups in total. The van der Waals surface area contributed by atoms with Crippen molar-refractivity contribution < 1.29 is 8.83 Å². The first-order valence-corrected chi connectivity index (χ1v) is 30.3. The third kappa shape index (κ3) is 8.03. The van der Waals surface area contributed by atoms with Crippen molar-refractivity contribution >= 4 is 143 Å². The number of hydrogen-bond donors (Lipinski definition) is 0. The number of para-hydroxylation sites is 4. The van der Waals surface area contributed by atoms with Gasteiger partial charge in [-0.2, -0.15) is 5.26 Å². The molecule has 0 amide bonds. The van der Waals surface area contributed by atoms with Crippen LogP contribution < -0.4 is 9.80 Å². The molecule has 17 aromatic rings. The minimum Gasteiger partial charge on any atom is -0.455 e. The summed E-state index contributed by atoms with van der Waals surface area (Å²) in [4.78, 5) is 4.72. The van der Waals surface area contributed by atoms with E-state index in [1.807, 2.05) is 6.07 Å². The SMILES string of the molecule is CC(C)c1ccc(N(c2ccc3cc4c(cc3c2)oc2c4cc(C#N)c3oc4cc5cc(N(c6ccc(C(C)C)cc6)c6ccc7c(c6)c6ccccc6n7-c6ccccc6)ccc5cc4c32)c2ccc3c(c2)c2ccccc2n3-c2ccccc2)cc1. The summed E-state index contributed by atoms with van der Waals surface area (Å²) in [6.45, 7) is 8.94.